The lowest BCUT2D eigenvalue weighted by Gasteiger charge is -2.12. The van der Waals surface area contributed by atoms with E-state index in [2.05, 4.69) is 45.9 Å². The molecular weight excluding hydrogens is 482 g/mol. The van der Waals surface area contributed by atoms with Crippen LogP contribution in [-0.2, 0) is 11.2 Å². The Morgan fingerprint density at radius 3 is 2.42 bits per heavy atom. The summed E-state index contributed by atoms with van der Waals surface area (Å²) in [6, 6.07) is 12.5. The minimum atomic E-state index is -0.438. The molecule has 0 aliphatic heterocycles. The highest BCUT2D eigenvalue weighted by Gasteiger charge is 2.11. The first kappa shape index (κ1) is 24.6. The summed E-state index contributed by atoms with van der Waals surface area (Å²) >= 11 is 8.45. The number of amides is 2. The molecule has 0 unspecified atom stereocenters. The van der Waals surface area contributed by atoms with Crippen LogP contribution < -0.4 is 25.6 Å². The maximum absolute atomic E-state index is 12.3. The molecule has 3 N–H and O–H groups in total. The van der Waals surface area contributed by atoms with Crippen molar-refractivity contribution in [3.8, 4) is 11.5 Å². The highest BCUT2D eigenvalue weighted by Crippen LogP contribution is 2.26. The molecule has 7 nitrogen and oxygen atoms in total. The predicted molar refractivity (Wildman–Crippen MR) is 127 cm³/mol. The Labute approximate surface area is 196 Å². The van der Waals surface area contributed by atoms with E-state index in [1.165, 1.54) is 5.56 Å². The monoisotopic (exact) mass is 507 g/mol. The second-order valence-electron chi connectivity index (χ2n) is 6.59. The number of rotatable bonds is 9. The maximum Gasteiger partial charge on any atom is 0.276 e. The first-order chi connectivity index (χ1) is 14.9. The van der Waals surface area contributed by atoms with Crippen molar-refractivity contribution in [2.24, 2.45) is 0 Å². The molecule has 0 aliphatic rings. The molecule has 0 fully saturated rings. The van der Waals surface area contributed by atoms with Gasteiger partial charge in [0.05, 0.1) is 11.1 Å². The largest absolute Gasteiger partial charge is 0.492 e. The van der Waals surface area contributed by atoms with Crippen molar-refractivity contribution in [3.63, 3.8) is 0 Å². The van der Waals surface area contributed by atoms with E-state index in [1.54, 1.807) is 18.2 Å². The third-order valence-electron chi connectivity index (χ3n) is 4.19. The lowest BCUT2D eigenvalue weighted by atomic mass is 10.2. The molecule has 0 heterocycles. The fourth-order valence-electron chi connectivity index (χ4n) is 2.42. The van der Waals surface area contributed by atoms with Crippen molar-refractivity contribution < 1.29 is 19.1 Å². The average molecular weight is 508 g/mol. The standard InChI is InChI=1S/C22H26BrN3O4S/c1-3-5-12-29-19-11-8-16(13-18(19)23)21(28)24-22(31)26-25-20(27)14-30-17-9-6-15(4-2)7-10-17/h6-11,13H,3-5,12,14H2,1-2H3,(H,25,27)(H2,24,26,28,31). The number of thiocarbonyl (C=S) groups is 1. The molecule has 0 radical (unpaired) electrons. The van der Waals surface area contributed by atoms with Crippen molar-refractivity contribution in [3.05, 3.63) is 58.1 Å². The summed E-state index contributed by atoms with van der Waals surface area (Å²) in [4.78, 5) is 24.2. The lowest BCUT2D eigenvalue weighted by molar-refractivity contribution is -0.123. The Morgan fingerprint density at radius 2 is 1.77 bits per heavy atom. The van der Waals surface area contributed by atoms with Gasteiger partial charge in [0.15, 0.2) is 11.7 Å². The fraction of sp³-hybridized carbons (Fsp3) is 0.318. The van der Waals surface area contributed by atoms with Crippen molar-refractivity contribution in [1.29, 1.82) is 0 Å². The van der Waals surface area contributed by atoms with Crippen LogP contribution in [0.5, 0.6) is 11.5 Å². The zero-order valence-corrected chi connectivity index (χ0v) is 19.9. The number of hydrazine groups is 1. The van der Waals surface area contributed by atoms with Crippen molar-refractivity contribution in [2.45, 2.75) is 33.1 Å². The van der Waals surface area contributed by atoms with E-state index in [1.807, 2.05) is 24.3 Å². The number of ether oxygens (including phenoxy) is 2. The first-order valence-electron chi connectivity index (χ1n) is 9.97. The maximum atomic E-state index is 12.3. The van der Waals surface area contributed by atoms with E-state index in [-0.39, 0.29) is 11.7 Å². The molecule has 0 atom stereocenters. The summed E-state index contributed by atoms with van der Waals surface area (Å²) in [6.07, 6.45) is 2.93. The number of aryl methyl sites for hydroxylation is 1. The molecule has 0 aromatic heterocycles. The van der Waals surface area contributed by atoms with Crippen LogP contribution in [0.3, 0.4) is 0 Å². The van der Waals surface area contributed by atoms with Gasteiger partial charge in [0.2, 0.25) is 0 Å². The van der Waals surface area contributed by atoms with Gasteiger partial charge in [-0.2, -0.15) is 0 Å². The number of carbonyl (C=O) groups is 2. The molecule has 166 valence electrons. The zero-order chi connectivity index (χ0) is 22.6. The normalized spacial score (nSPS) is 10.2. The Kier molecular flexibility index (Phi) is 10.3. The highest BCUT2D eigenvalue weighted by atomic mass is 79.9. The van der Waals surface area contributed by atoms with Crippen molar-refractivity contribution >= 4 is 45.1 Å². The quantitative estimate of drug-likeness (QED) is 0.271. The summed E-state index contributed by atoms with van der Waals surface area (Å²) < 4.78 is 11.7. The van der Waals surface area contributed by atoms with Crippen LogP contribution in [0.15, 0.2) is 46.9 Å². The van der Waals surface area contributed by atoms with E-state index in [9.17, 15) is 9.59 Å². The van der Waals surface area contributed by atoms with Gasteiger partial charge in [-0.15, -0.1) is 0 Å². The van der Waals surface area contributed by atoms with Crippen LogP contribution >= 0.6 is 28.1 Å². The Bertz CT molecular complexity index is 906. The van der Waals surface area contributed by atoms with Gasteiger partial charge in [-0.25, -0.2) is 0 Å². The van der Waals surface area contributed by atoms with E-state index < -0.39 is 11.8 Å². The minimum Gasteiger partial charge on any atom is -0.492 e. The molecule has 0 saturated carbocycles. The number of unbranched alkanes of at least 4 members (excludes halogenated alkanes) is 1. The van der Waals surface area contributed by atoms with Crippen LogP contribution in [0, 0.1) is 0 Å². The van der Waals surface area contributed by atoms with E-state index in [4.69, 9.17) is 21.7 Å². The lowest BCUT2D eigenvalue weighted by Crippen LogP contribution is -2.49. The third kappa shape index (κ3) is 8.55. The number of benzene rings is 2. The predicted octanol–water partition coefficient (Wildman–Crippen LogP) is 3.90. The molecule has 9 heteroatoms. The number of nitrogens with one attached hydrogen (secondary N) is 3. The summed E-state index contributed by atoms with van der Waals surface area (Å²) in [5.41, 5.74) is 6.44. The third-order valence-corrected chi connectivity index (χ3v) is 5.02. The summed E-state index contributed by atoms with van der Waals surface area (Å²) in [5, 5.41) is 2.46. The van der Waals surface area contributed by atoms with E-state index in [0.29, 0.717) is 28.1 Å². The van der Waals surface area contributed by atoms with Gasteiger partial charge in [-0.1, -0.05) is 32.4 Å². The number of hydrogen-bond acceptors (Lipinski definition) is 5. The van der Waals surface area contributed by atoms with Crippen LogP contribution in [-0.4, -0.2) is 30.1 Å². The number of halogens is 1. The van der Waals surface area contributed by atoms with Crippen LogP contribution in [0.4, 0.5) is 0 Å². The molecule has 0 saturated heterocycles. The van der Waals surface area contributed by atoms with E-state index in [0.717, 1.165) is 19.3 Å². The molecule has 2 aromatic rings. The van der Waals surface area contributed by atoms with Gasteiger partial charge in [0.25, 0.3) is 11.8 Å². The van der Waals surface area contributed by atoms with E-state index >= 15 is 0 Å². The minimum absolute atomic E-state index is 0.0370. The second-order valence-corrected chi connectivity index (χ2v) is 7.85. The molecular formula is C22H26BrN3O4S. The first-order valence-corrected chi connectivity index (χ1v) is 11.2. The van der Waals surface area contributed by atoms with Gasteiger partial charge in [-0.05, 0) is 76.9 Å². The van der Waals surface area contributed by atoms with Gasteiger partial charge >= 0.3 is 0 Å². The van der Waals surface area contributed by atoms with Gasteiger partial charge in [-0.3, -0.25) is 25.8 Å². The topological polar surface area (TPSA) is 88.7 Å². The smallest absolute Gasteiger partial charge is 0.276 e. The van der Waals surface area contributed by atoms with Crippen LogP contribution in [0.25, 0.3) is 0 Å². The van der Waals surface area contributed by atoms with Crippen LogP contribution in [0.1, 0.15) is 42.6 Å². The molecule has 2 amide bonds. The number of carbonyl (C=O) groups excluding carboxylic acids is 2. The summed E-state index contributed by atoms with van der Waals surface area (Å²) in [7, 11) is 0. The Hall–Kier alpha value is -2.65. The van der Waals surface area contributed by atoms with Crippen molar-refractivity contribution in [2.75, 3.05) is 13.2 Å². The average Bonchev–Trinajstić information content (AvgIpc) is 2.77. The van der Waals surface area contributed by atoms with Gasteiger partial charge < -0.3 is 9.47 Å². The summed E-state index contributed by atoms with van der Waals surface area (Å²) in [5.74, 6) is 0.408. The molecule has 0 aliphatic carbocycles. The molecule has 0 spiro atoms. The molecule has 2 rings (SSSR count). The van der Waals surface area contributed by atoms with Crippen molar-refractivity contribution in [1.82, 2.24) is 16.2 Å². The highest BCUT2D eigenvalue weighted by molar-refractivity contribution is 9.10. The number of hydrogen-bond donors (Lipinski definition) is 3. The SMILES string of the molecule is CCCCOc1ccc(C(=O)NC(=S)NNC(=O)COc2ccc(CC)cc2)cc1Br. The molecule has 31 heavy (non-hydrogen) atoms. The molecule has 2 aromatic carbocycles. The molecule has 0 bridgehead atoms. The Balaban J connectivity index is 1.75. The summed E-state index contributed by atoms with van der Waals surface area (Å²) in [6.45, 7) is 4.57. The second kappa shape index (κ2) is 12.9. The van der Waals surface area contributed by atoms with Gasteiger partial charge in [0.1, 0.15) is 11.5 Å². The fourth-order valence-corrected chi connectivity index (χ4v) is 3.06. The van der Waals surface area contributed by atoms with Gasteiger partial charge in [0, 0.05) is 5.56 Å². The zero-order valence-electron chi connectivity index (χ0n) is 17.5. The van der Waals surface area contributed by atoms with Crippen LogP contribution in [0.2, 0.25) is 0 Å². The Morgan fingerprint density at radius 1 is 1.03 bits per heavy atom.